The van der Waals surface area contributed by atoms with Gasteiger partial charge in [0.05, 0.1) is 16.1 Å². The Morgan fingerprint density at radius 1 is 1.11 bits per heavy atom. The molecule has 1 N–H and O–H groups in total. The van der Waals surface area contributed by atoms with Crippen LogP contribution in [0.15, 0.2) is 53.4 Å². The average Bonchev–Trinajstić information content (AvgIpc) is 2.69. The van der Waals surface area contributed by atoms with Crippen LogP contribution in [-0.2, 0) is 14.8 Å². The van der Waals surface area contributed by atoms with E-state index in [1.807, 2.05) is 6.07 Å². The monoisotopic (exact) mass is 387 g/mol. The SMILES string of the molecule is N#Cc1ccccc1S(=O)(=O)N1CCC(C(=O)Nc2ccccc2F)CC1. The molecule has 1 aliphatic rings. The smallest absolute Gasteiger partial charge is 0.244 e. The van der Waals surface area contributed by atoms with Gasteiger partial charge in [-0.1, -0.05) is 24.3 Å². The van der Waals surface area contributed by atoms with Crippen molar-refractivity contribution in [2.75, 3.05) is 18.4 Å². The van der Waals surface area contributed by atoms with Crippen molar-refractivity contribution in [2.45, 2.75) is 17.7 Å². The van der Waals surface area contributed by atoms with Crippen LogP contribution < -0.4 is 5.32 Å². The highest BCUT2D eigenvalue weighted by Gasteiger charge is 2.33. The largest absolute Gasteiger partial charge is 0.323 e. The van der Waals surface area contributed by atoms with E-state index in [1.54, 1.807) is 18.2 Å². The lowest BCUT2D eigenvalue weighted by molar-refractivity contribution is -0.120. The summed E-state index contributed by atoms with van der Waals surface area (Å²) in [6.07, 6.45) is 0.655. The number of carbonyl (C=O) groups is 1. The third-order valence-electron chi connectivity index (χ3n) is 4.58. The minimum atomic E-state index is -3.80. The molecular weight excluding hydrogens is 369 g/mol. The Morgan fingerprint density at radius 3 is 2.41 bits per heavy atom. The molecule has 27 heavy (non-hydrogen) atoms. The number of rotatable bonds is 4. The van der Waals surface area contributed by atoms with E-state index in [-0.39, 0.29) is 35.1 Å². The predicted molar refractivity (Wildman–Crippen MR) is 97.7 cm³/mol. The van der Waals surface area contributed by atoms with E-state index < -0.39 is 21.8 Å². The van der Waals surface area contributed by atoms with Crippen LogP contribution in [0.4, 0.5) is 10.1 Å². The minimum absolute atomic E-state index is 0.0261. The van der Waals surface area contributed by atoms with Gasteiger partial charge in [0.2, 0.25) is 15.9 Å². The molecule has 140 valence electrons. The highest BCUT2D eigenvalue weighted by atomic mass is 32.2. The normalized spacial score (nSPS) is 15.9. The zero-order valence-corrected chi connectivity index (χ0v) is 15.2. The fourth-order valence-corrected chi connectivity index (χ4v) is 4.69. The van der Waals surface area contributed by atoms with E-state index in [9.17, 15) is 17.6 Å². The second-order valence-corrected chi connectivity index (χ2v) is 8.16. The van der Waals surface area contributed by atoms with Gasteiger partial charge in [0, 0.05) is 19.0 Å². The van der Waals surface area contributed by atoms with E-state index in [1.165, 1.54) is 34.6 Å². The van der Waals surface area contributed by atoms with E-state index in [4.69, 9.17) is 5.26 Å². The highest BCUT2D eigenvalue weighted by Crippen LogP contribution is 2.26. The van der Waals surface area contributed by atoms with E-state index >= 15 is 0 Å². The van der Waals surface area contributed by atoms with Crippen molar-refractivity contribution < 1.29 is 17.6 Å². The van der Waals surface area contributed by atoms with Crippen LogP contribution >= 0.6 is 0 Å². The first kappa shape index (κ1) is 19.0. The highest BCUT2D eigenvalue weighted by molar-refractivity contribution is 7.89. The molecule has 0 saturated carbocycles. The van der Waals surface area contributed by atoms with Crippen LogP contribution in [0.1, 0.15) is 18.4 Å². The standard InChI is InChI=1S/C19H18FN3O3S/c20-16-6-2-3-7-17(16)22-19(24)14-9-11-23(12-10-14)27(25,26)18-8-4-1-5-15(18)13-21/h1-8,14H,9-12H2,(H,22,24). The Morgan fingerprint density at radius 2 is 1.74 bits per heavy atom. The zero-order chi connectivity index (χ0) is 19.4. The lowest BCUT2D eigenvalue weighted by Crippen LogP contribution is -2.41. The molecule has 1 saturated heterocycles. The third kappa shape index (κ3) is 3.99. The van der Waals surface area contributed by atoms with E-state index in [0.29, 0.717) is 12.8 Å². The van der Waals surface area contributed by atoms with Gasteiger partial charge in [0.1, 0.15) is 11.9 Å². The molecule has 1 fully saturated rings. The van der Waals surface area contributed by atoms with Gasteiger partial charge in [-0.05, 0) is 37.1 Å². The number of sulfonamides is 1. The Kier molecular flexibility index (Phi) is 5.54. The number of nitriles is 1. The maximum atomic E-state index is 13.7. The van der Waals surface area contributed by atoms with Crippen molar-refractivity contribution in [1.29, 1.82) is 5.26 Å². The van der Waals surface area contributed by atoms with E-state index in [2.05, 4.69) is 5.32 Å². The van der Waals surface area contributed by atoms with Gasteiger partial charge in [-0.2, -0.15) is 9.57 Å². The van der Waals surface area contributed by atoms with Gasteiger partial charge < -0.3 is 5.32 Å². The summed E-state index contributed by atoms with van der Waals surface area (Å²) < 4.78 is 40.6. The number of benzene rings is 2. The van der Waals surface area contributed by atoms with Crippen molar-refractivity contribution in [1.82, 2.24) is 4.31 Å². The molecule has 0 radical (unpaired) electrons. The molecule has 0 aliphatic carbocycles. The number of para-hydroxylation sites is 1. The number of halogens is 1. The van der Waals surface area contributed by atoms with Gasteiger partial charge in [-0.3, -0.25) is 4.79 Å². The number of amides is 1. The number of nitrogens with zero attached hydrogens (tertiary/aromatic N) is 2. The van der Waals surface area contributed by atoms with Crippen LogP contribution in [0.3, 0.4) is 0 Å². The minimum Gasteiger partial charge on any atom is -0.323 e. The molecule has 0 unspecified atom stereocenters. The van der Waals surface area contributed by atoms with Crippen LogP contribution in [0.2, 0.25) is 0 Å². The first-order valence-corrected chi connectivity index (χ1v) is 9.92. The lowest BCUT2D eigenvalue weighted by Gasteiger charge is -2.30. The maximum Gasteiger partial charge on any atom is 0.244 e. The van der Waals surface area contributed by atoms with Crippen LogP contribution in [0.25, 0.3) is 0 Å². The molecule has 3 rings (SSSR count). The second kappa shape index (κ2) is 7.86. The van der Waals surface area contributed by atoms with E-state index in [0.717, 1.165) is 0 Å². The molecule has 0 atom stereocenters. The Hall–Kier alpha value is -2.76. The summed E-state index contributed by atoms with van der Waals surface area (Å²) in [4.78, 5) is 12.3. The van der Waals surface area contributed by atoms with Gasteiger partial charge >= 0.3 is 0 Å². The molecule has 8 heteroatoms. The molecule has 2 aromatic carbocycles. The number of anilines is 1. The first-order valence-electron chi connectivity index (χ1n) is 8.48. The molecular formula is C19H18FN3O3S. The van der Waals surface area contributed by atoms with Gasteiger partial charge in [-0.25, -0.2) is 12.8 Å². The second-order valence-electron chi connectivity index (χ2n) is 6.26. The van der Waals surface area contributed by atoms with Crippen molar-refractivity contribution in [3.63, 3.8) is 0 Å². The van der Waals surface area contributed by atoms with Gasteiger partial charge in [0.25, 0.3) is 0 Å². The molecule has 6 nitrogen and oxygen atoms in total. The van der Waals surface area contributed by atoms with Crippen molar-refractivity contribution in [2.24, 2.45) is 5.92 Å². The van der Waals surface area contributed by atoms with Gasteiger partial charge in [0.15, 0.2) is 0 Å². The summed E-state index contributed by atoms with van der Waals surface area (Å²) in [5.41, 5.74) is 0.206. The fraction of sp³-hybridized carbons (Fsp3) is 0.263. The number of hydrogen-bond donors (Lipinski definition) is 1. The van der Waals surface area contributed by atoms with Crippen LogP contribution in [0.5, 0.6) is 0 Å². The summed E-state index contributed by atoms with van der Waals surface area (Å²) in [6, 6.07) is 13.8. The first-order chi connectivity index (χ1) is 12.9. The van der Waals surface area contributed by atoms with Crippen molar-refractivity contribution in [3.05, 3.63) is 59.9 Å². The Labute approximate surface area is 157 Å². The van der Waals surface area contributed by atoms with Crippen molar-refractivity contribution >= 4 is 21.6 Å². The average molecular weight is 387 g/mol. The molecule has 1 aliphatic heterocycles. The molecule has 0 spiro atoms. The topological polar surface area (TPSA) is 90.3 Å². The zero-order valence-electron chi connectivity index (χ0n) is 14.4. The van der Waals surface area contributed by atoms with Gasteiger partial charge in [-0.15, -0.1) is 0 Å². The number of piperidine rings is 1. The molecule has 1 amide bonds. The summed E-state index contributed by atoms with van der Waals surface area (Å²) in [5, 5.41) is 11.7. The summed E-state index contributed by atoms with van der Waals surface area (Å²) >= 11 is 0. The number of nitrogens with one attached hydrogen (secondary N) is 1. The quantitative estimate of drug-likeness (QED) is 0.873. The Balaban J connectivity index is 1.67. The summed E-state index contributed by atoms with van der Waals surface area (Å²) in [7, 11) is -3.80. The molecule has 0 aromatic heterocycles. The van der Waals surface area contributed by atoms with Crippen LogP contribution in [0, 0.1) is 23.1 Å². The number of carbonyl (C=O) groups excluding carboxylic acids is 1. The molecule has 2 aromatic rings. The lowest BCUT2D eigenvalue weighted by atomic mass is 9.97. The number of hydrogen-bond acceptors (Lipinski definition) is 4. The molecule has 1 heterocycles. The van der Waals surface area contributed by atoms with Crippen molar-refractivity contribution in [3.8, 4) is 6.07 Å². The summed E-state index contributed by atoms with van der Waals surface area (Å²) in [6.45, 7) is 0.328. The Bertz CT molecular complexity index is 993. The maximum absolute atomic E-state index is 13.7. The molecule has 0 bridgehead atoms. The summed E-state index contributed by atoms with van der Waals surface area (Å²) in [5.74, 6) is -1.24. The van der Waals surface area contributed by atoms with Crippen LogP contribution in [-0.4, -0.2) is 31.7 Å². The third-order valence-corrected chi connectivity index (χ3v) is 6.54. The fourth-order valence-electron chi connectivity index (χ4n) is 3.08. The predicted octanol–water partition coefficient (Wildman–Crippen LogP) is 2.74.